The summed E-state index contributed by atoms with van der Waals surface area (Å²) in [7, 11) is 0. The molecule has 1 fully saturated rings. The summed E-state index contributed by atoms with van der Waals surface area (Å²) in [5.41, 5.74) is 5.98. The maximum atomic E-state index is 12.1. The van der Waals surface area contributed by atoms with Crippen molar-refractivity contribution in [2.24, 2.45) is 11.7 Å². The van der Waals surface area contributed by atoms with Gasteiger partial charge in [-0.2, -0.15) is 0 Å². The standard InChI is InChI=1S/C14H19ClN2O2/c15-10-5-6-11(13(18)7-10)14(19)17-12(8-16)9-3-1-2-4-9/h5-7,9,12,18H,1-4,8,16H2,(H,17,19). The number of rotatable bonds is 4. The second-order valence-electron chi connectivity index (χ2n) is 5.02. The third kappa shape index (κ3) is 3.39. The average molecular weight is 283 g/mol. The Bertz CT molecular complexity index is 459. The number of amides is 1. The van der Waals surface area contributed by atoms with Crippen LogP contribution in [0, 0.1) is 5.92 Å². The lowest BCUT2D eigenvalue weighted by atomic mass is 9.98. The van der Waals surface area contributed by atoms with Crippen LogP contribution in [-0.2, 0) is 0 Å². The fourth-order valence-electron chi connectivity index (χ4n) is 2.67. The van der Waals surface area contributed by atoms with E-state index < -0.39 is 0 Å². The highest BCUT2D eigenvalue weighted by Gasteiger charge is 2.26. The number of hydrogen-bond acceptors (Lipinski definition) is 3. The summed E-state index contributed by atoms with van der Waals surface area (Å²) in [5.74, 6) is 0.0482. The Kier molecular flexibility index (Phi) is 4.66. The largest absolute Gasteiger partial charge is 0.507 e. The van der Waals surface area contributed by atoms with E-state index in [1.807, 2.05) is 0 Å². The van der Waals surface area contributed by atoms with Crippen molar-refractivity contribution >= 4 is 17.5 Å². The van der Waals surface area contributed by atoms with E-state index in [-0.39, 0.29) is 23.3 Å². The van der Waals surface area contributed by atoms with Gasteiger partial charge in [-0.1, -0.05) is 24.4 Å². The van der Waals surface area contributed by atoms with Gasteiger partial charge in [0.05, 0.1) is 5.56 Å². The van der Waals surface area contributed by atoms with Gasteiger partial charge < -0.3 is 16.2 Å². The molecular weight excluding hydrogens is 264 g/mol. The molecule has 1 amide bonds. The monoisotopic (exact) mass is 282 g/mol. The van der Waals surface area contributed by atoms with Gasteiger partial charge in [0.2, 0.25) is 0 Å². The molecule has 0 heterocycles. The average Bonchev–Trinajstić information content (AvgIpc) is 2.89. The minimum Gasteiger partial charge on any atom is -0.507 e. The van der Waals surface area contributed by atoms with Gasteiger partial charge >= 0.3 is 0 Å². The summed E-state index contributed by atoms with van der Waals surface area (Å²) in [6, 6.07) is 4.45. The maximum Gasteiger partial charge on any atom is 0.255 e. The molecule has 0 aromatic heterocycles. The van der Waals surface area contributed by atoms with Gasteiger partial charge in [0.15, 0.2) is 0 Å². The van der Waals surface area contributed by atoms with Crippen molar-refractivity contribution in [1.82, 2.24) is 5.32 Å². The zero-order chi connectivity index (χ0) is 13.8. The van der Waals surface area contributed by atoms with Crippen LogP contribution in [0.3, 0.4) is 0 Å². The quantitative estimate of drug-likeness (QED) is 0.793. The van der Waals surface area contributed by atoms with E-state index >= 15 is 0 Å². The second-order valence-corrected chi connectivity index (χ2v) is 5.46. The number of phenols is 1. The van der Waals surface area contributed by atoms with Crippen molar-refractivity contribution in [2.45, 2.75) is 31.7 Å². The van der Waals surface area contributed by atoms with Crippen LogP contribution >= 0.6 is 11.6 Å². The van der Waals surface area contributed by atoms with Crippen LogP contribution in [0.4, 0.5) is 0 Å². The lowest BCUT2D eigenvalue weighted by Gasteiger charge is -2.23. The predicted octanol–water partition coefficient (Wildman–Crippen LogP) is 2.29. The van der Waals surface area contributed by atoms with E-state index in [4.69, 9.17) is 17.3 Å². The number of aromatic hydroxyl groups is 1. The molecule has 0 spiro atoms. The van der Waals surface area contributed by atoms with Gasteiger partial charge in [0.25, 0.3) is 5.91 Å². The third-order valence-corrected chi connectivity index (χ3v) is 3.98. The zero-order valence-electron chi connectivity index (χ0n) is 10.7. The van der Waals surface area contributed by atoms with E-state index in [1.165, 1.54) is 25.0 Å². The number of halogens is 1. The first kappa shape index (κ1) is 14.2. The molecule has 0 aliphatic heterocycles. The molecule has 1 atom stereocenters. The molecule has 1 aromatic rings. The number of nitrogens with two attached hydrogens (primary N) is 1. The number of carbonyl (C=O) groups excluding carboxylic acids is 1. The molecule has 1 aromatic carbocycles. The molecule has 1 aliphatic rings. The molecule has 4 nitrogen and oxygen atoms in total. The minimum absolute atomic E-state index is 0.0231. The van der Waals surface area contributed by atoms with Gasteiger partial charge in [0, 0.05) is 17.6 Å². The fourth-order valence-corrected chi connectivity index (χ4v) is 2.84. The van der Waals surface area contributed by atoms with E-state index in [2.05, 4.69) is 5.32 Å². The number of benzene rings is 1. The predicted molar refractivity (Wildman–Crippen MR) is 75.4 cm³/mol. The Morgan fingerprint density at radius 2 is 2.16 bits per heavy atom. The molecule has 19 heavy (non-hydrogen) atoms. The molecule has 0 saturated heterocycles. The number of carbonyl (C=O) groups is 1. The maximum absolute atomic E-state index is 12.1. The van der Waals surface area contributed by atoms with Gasteiger partial charge in [0.1, 0.15) is 5.75 Å². The first-order valence-corrected chi connectivity index (χ1v) is 6.99. The molecule has 2 rings (SSSR count). The van der Waals surface area contributed by atoms with Gasteiger partial charge in [-0.15, -0.1) is 0 Å². The van der Waals surface area contributed by atoms with E-state index in [1.54, 1.807) is 6.07 Å². The Morgan fingerprint density at radius 1 is 1.47 bits per heavy atom. The van der Waals surface area contributed by atoms with Crippen molar-refractivity contribution in [2.75, 3.05) is 6.54 Å². The Labute approximate surface area is 117 Å². The molecule has 1 saturated carbocycles. The van der Waals surface area contributed by atoms with Crippen molar-refractivity contribution in [3.05, 3.63) is 28.8 Å². The number of hydrogen-bond donors (Lipinski definition) is 3. The first-order valence-electron chi connectivity index (χ1n) is 6.61. The Morgan fingerprint density at radius 3 is 2.74 bits per heavy atom. The van der Waals surface area contributed by atoms with Crippen molar-refractivity contribution in [1.29, 1.82) is 0 Å². The fraction of sp³-hybridized carbons (Fsp3) is 0.500. The Balaban J connectivity index is 2.06. The normalized spacial score (nSPS) is 17.4. The zero-order valence-corrected chi connectivity index (χ0v) is 11.5. The highest BCUT2D eigenvalue weighted by Crippen LogP contribution is 2.28. The lowest BCUT2D eigenvalue weighted by molar-refractivity contribution is 0.0921. The summed E-state index contributed by atoms with van der Waals surface area (Å²) >= 11 is 5.75. The van der Waals surface area contributed by atoms with Crippen LogP contribution in [0.25, 0.3) is 0 Å². The van der Waals surface area contributed by atoms with E-state index in [0.717, 1.165) is 12.8 Å². The highest BCUT2D eigenvalue weighted by molar-refractivity contribution is 6.30. The van der Waals surface area contributed by atoms with Gasteiger partial charge in [-0.05, 0) is 37.0 Å². The van der Waals surface area contributed by atoms with Crippen LogP contribution in [-0.4, -0.2) is 23.6 Å². The summed E-state index contributed by atoms with van der Waals surface area (Å²) in [4.78, 5) is 12.1. The smallest absolute Gasteiger partial charge is 0.255 e. The summed E-state index contributed by atoms with van der Waals surface area (Å²) < 4.78 is 0. The van der Waals surface area contributed by atoms with Crippen molar-refractivity contribution in [3.8, 4) is 5.75 Å². The third-order valence-electron chi connectivity index (χ3n) is 3.74. The molecule has 5 heteroatoms. The van der Waals surface area contributed by atoms with Crippen LogP contribution in [0.5, 0.6) is 5.75 Å². The number of nitrogens with one attached hydrogen (secondary N) is 1. The van der Waals surface area contributed by atoms with Crippen molar-refractivity contribution in [3.63, 3.8) is 0 Å². The van der Waals surface area contributed by atoms with Crippen LogP contribution in [0.1, 0.15) is 36.0 Å². The first-order chi connectivity index (χ1) is 9.11. The van der Waals surface area contributed by atoms with Crippen LogP contribution in [0.2, 0.25) is 5.02 Å². The Hall–Kier alpha value is -1.26. The molecule has 0 radical (unpaired) electrons. The molecule has 1 aliphatic carbocycles. The molecule has 104 valence electrons. The van der Waals surface area contributed by atoms with Gasteiger partial charge in [-0.3, -0.25) is 4.79 Å². The molecular formula is C14H19ClN2O2. The number of phenolic OH excluding ortho intramolecular Hbond substituents is 1. The molecule has 4 N–H and O–H groups in total. The van der Waals surface area contributed by atoms with E-state index in [9.17, 15) is 9.90 Å². The highest BCUT2D eigenvalue weighted by atomic mass is 35.5. The SMILES string of the molecule is NCC(NC(=O)c1ccc(Cl)cc1O)C1CCCC1. The van der Waals surface area contributed by atoms with Gasteiger partial charge in [-0.25, -0.2) is 0 Å². The molecule has 0 bridgehead atoms. The minimum atomic E-state index is -0.295. The summed E-state index contributed by atoms with van der Waals surface area (Å²) in [6.07, 6.45) is 4.61. The van der Waals surface area contributed by atoms with Crippen LogP contribution in [0.15, 0.2) is 18.2 Å². The van der Waals surface area contributed by atoms with E-state index in [0.29, 0.717) is 17.5 Å². The molecule has 1 unspecified atom stereocenters. The summed E-state index contributed by atoms with van der Waals surface area (Å²) in [6.45, 7) is 0.421. The lowest BCUT2D eigenvalue weighted by Crippen LogP contribution is -2.44. The summed E-state index contributed by atoms with van der Waals surface area (Å²) in [5, 5.41) is 13.1. The second kappa shape index (κ2) is 6.26. The van der Waals surface area contributed by atoms with Crippen LogP contribution < -0.4 is 11.1 Å². The topological polar surface area (TPSA) is 75.3 Å². The van der Waals surface area contributed by atoms with Crippen molar-refractivity contribution < 1.29 is 9.90 Å².